The van der Waals surface area contributed by atoms with Gasteiger partial charge in [0.1, 0.15) is 11.3 Å². The van der Waals surface area contributed by atoms with Gasteiger partial charge in [-0.1, -0.05) is 6.92 Å². The second-order valence-corrected chi connectivity index (χ2v) is 7.05. The van der Waals surface area contributed by atoms with Crippen LogP contribution in [-0.4, -0.2) is 36.5 Å². The van der Waals surface area contributed by atoms with Crippen molar-refractivity contribution in [2.75, 3.05) is 20.2 Å². The lowest BCUT2D eigenvalue weighted by Crippen LogP contribution is -2.45. The van der Waals surface area contributed by atoms with Gasteiger partial charge in [0, 0.05) is 29.6 Å². The van der Waals surface area contributed by atoms with Crippen molar-refractivity contribution in [1.82, 2.24) is 10.2 Å². The molecule has 0 atom stereocenters. The van der Waals surface area contributed by atoms with Crippen LogP contribution in [0.15, 0.2) is 33.5 Å². The summed E-state index contributed by atoms with van der Waals surface area (Å²) in [6.07, 6.45) is 0. The minimum absolute atomic E-state index is 0.0386. The van der Waals surface area contributed by atoms with E-state index in [9.17, 15) is 9.59 Å². The zero-order valence-electron chi connectivity index (χ0n) is 15.5. The van der Waals surface area contributed by atoms with Crippen molar-refractivity contribution in [2.45, 2.75) is 39.8 Å². The number of methoxy groups -OCH3 is 1. The summed E-state index contributed by atoms with van der Waals surface area (Å²) in [6, 6.07) is 6.88. The first-order chi connectivity index (χ1) is 11.7. The highest BCUT2D eigenvalue weighted by molar-refractivity contribution is 5.82. The number of nitrogens with zero attached hydrogens (tertiary/aromatic N) is 1. The van der Waals surface area contributed by atoms with E-state index in [1.54, 1.807) is 13.2 Å². The van der Waals surface area contributed by atoms with Crippen LogP contribution in [0.3, 0.4) is 0 Å². The Morgan fingerprint density at radius 2 is 2.00 bits per heavy atom. The quantitative estimate of drug-likeness (QED) is 0.814. The predicted octanol–water partition coefficient (Wildman–Crippen LogP) is 2.54. The van der Waals surface area contributed by atoms with E-state index < -0.39 is 5.63 Å². The van der Waals surface area contributed by atoms with Crippen molar-refractivity contribution in [2.24, 2.45) is 0 Å². The molecular weight excluding hydrogens is 320 g/mol. The molecule has 6 heteroatoms. The SMILES string of the molecule is CCN(CC(=O)NC(C)(C)C)Cc1cc(=O)oc2cc(OC)ccc12. The second kappa shape index (κ2) is 7.70. The molecule has 2 aromatic rings. The molecule has 0 bridgehead atoms. The highest BCUT2D eigenvalue weighted by atomic mass is 16.5. The maximum absolute atomic E-state index is 12.2. The van der Waals surface area contributed by atoms with Gasteiger partial charge in [0.2, 0.25) is 5.91 Å². The summed E-state index contributed by atoms with van der Waals surface area (Å²) in [6.45, 7) is 9.28. The topological polar surface area (TPSA) is 71.8 Å². The van der Waals surface area contributed by atoms with Gasteiger partial charge in [0.15, 0.2) is 0 Å². The van der Waals surface area contributed by atoms with Crippen LogP contribution < -0.4 is 15.7 Å². The fraction of sp³-hybridized carbons (Fsp3) is 0.474. The Balaban J connectivity index is 2.25. The van der Waals surface area contributed by atoms with Crippen molar-refractivity contribution in [3.63, 3.8) is 0 Å². The summed E-state index contributed by atoms with van der Waals surface area (Å²) in [4.78, 5) is 26.0. The van der Waals surface area contributed by atoms with Crippen LogP contribution in [-0.2, 0) is 11.3 Å². The number of benzene rings is 1. The number of amides is 1. The largest absolute Gasteiger partial charge is 0.497 e. The van der Waals surface area contributed by atoms with Gasteiger partial charge in [-0.05, 0) is 45.0 Å². The molecule has 0 unspecified atom stereocenters. The van der Waals surface area contributed by atoms with Gasteiger partial charge in [0.25, 0.3) is 0 Å². The van der Waals surface area contributed by atoms with Gasteiger partial charge in [-0.2, -0.15) is 0 Å². The zero-order chi connectivity index (χ0) is 18.6. The van der Waals surface area contributed by atoms with Crippen LogP contribution >= 0.6 is 0 Å². The molecule has 25 heavy (non-hydrogen) atoms. The maximum atomic E-state index is 12.2. The number of rotatable bonds is 6. The molecule has 0 radical (unpaired) electrons. The molecule has 136 valence electrons. The molecule has 6 nitrogen and oxygen atoms in total. The lowest BCUT2D eigenvalue weighted by atomic mass is 10.1. The number of fused-ring (bicyclic) bond motifs is 1. The number of hydrogen-bond donors (Lipinski definition) is 1. The number of carbonyl (C=O) groups is 1. The molecular formula is C19H26N2O4. The Morgan fingerprint density at radius 1 is 1.28 bits per heavy atom. The van der Waals surface area contributed by atoms with Crippen molar-refractivity contribution in [1.29, 1.82) is 0 Å². The van der Waals surface area contributed by atoms with Crippen LogP contribution in [0, 0.1) is 0 Å². The van der Waals surface area contributed by atoms with Crippen LogP contribution in [0.4, 0.5) is 0 Å². The fourth-order valence-corrected chi connectivity index (χ4v) is 2.65. The summed E-state index contributed by atoms with van der Waals surface area (Å²) in [5.41, 5.74) is 0.635. The standard InChI is InChI=1S/C19H26N2O4/c1-6-21(12-17(22)20-19(2,3)4)11-13-9-18(23)25-16-10-14(24-5)7-8-15(13)16/h7-10H,6,11-12H2,1-5H3,(H,20,22). The normalized spacial score (nSPS) is 11.8. The fourth-order valence-electron chi connectivity index (χ4n) is 2.65. The minimum atomic E-state index is -0.411. The van der Waals surface area contributed by atoms with Gasteiger partial charge in [-0.3, -0.25) is 9.69 Å². The third kappa shape index (κ3) is 5.32. The van der Waals surface area contributed by atoms with E-state index in [2.05, 4.69) is 5.32 Å². The molecule has 1 aromatic heterocycles. The molecule has 1 N–H and O–H groups in total. The first-order valence-electron chi connectivity index (χ1n) is 8.36. The van der Waals surface area contributed by atoms with Crippen molar-refractivity contribution >= 4 is 16.9 Å². The third-order valence-electron chi connectivity index (χ3n) is 3.76. The van der Waals surface area contributed by atoms with E-state index in [-0.39, 0.29) is 18.0 Å². The molecule has 0 aliphatic heterocycles. The molecule has 0 aliphatic rings. The van der Waals surface area contributed by atoms with Crippen molar-refractivity contribution < 1.29 is 13.9 Å². The lowest BCUT2D eigenvalue weighted by Gasteiger charge is -2.25. The van der Waals surface area contributed by atoms with Crippen LogP contribution in [0.1, 0.15) is 33.3 Å². The number of ether oxygens (including phenoxy) is 1. The Kier molecular flexibility index (Phi) is 5.85. The average molecular weight is 346 g/mol. The first-order valence-corrected chi connectivity index (χ1v) is 8.36. The van der Waals surface area contributed by atoms with E-state index in [4.69, 9.17) is 9.15 Å². The number of hydrogen-bond acceptors (Lipinski definition) is 5. The second-order valence-electron chi connectivity index (χ2n) is 7.05. The van der Waals surface area contributed by atoms with Crippen molar-refractivity contribution in [3.05, 3.63) is 40.2 Å². The first kappa shape index (κ1) is 19.0. The summed E-state index contributed by atoms with van der Waals surface area (Å²) < 4.78 is 10.5. The maximum Gasteiger partial charge on any atom is 0.336 e. The van der Waals surface area contributed by atoms with Gasteiger partial charge < -0.3 is 14.5 Å². The lowest BCUT2D eigenvalue weighted by molar-refractivity contribution is -0.123. The zero-order valence-corrected chi connectivity index (χ0v) is 15.5. The number of carbonyl (C=O) groups excluding carboxylic acids is 1. The summed E-state index contributed by atoms with van der Waals surface area (Å²) in [5.74, 6) is 0.591. The molecule has 1 aromatic carbocycles. The van der Waals surface area contributed by atoms with E-state index in [1.165, 1.54) is 6.07 Å². The van der Waals surface area contributed by atoms with Gasteiger partial charge in [-0.25, -0.2) is 4.79 Å². The Hall–Kier alpha value is -2.34. The number of nitrogens with one attached hydrogen (secondary N) is 1. The molecule has 1 heterocycles. The van der Waals surface area contributed by atoms with E-state index >= 15 is 0 Å². The Bertz CT molecular complexity index is 805. The molecule has 0 spiro atoms. The predicted molar refractivity (Wildman–Crippen MR) is 97.9 cm³/mol. The summed E-state index contributed by atoms with van der Waals surface area (Å²) in [7, 11) is 1.57. The molecule has 0 aliphatic carbocycles. The highest BCUT2D eigenvalue weighted by Gasteiger charge is 2.17. The summed E-state index contributed by atoms with van der Waals surface area (Å²) in [5, 5.41) is 3.80. The molecule has 1 amide bonds. The Morgan fingerprint density at radius 3 is 2.60 bits per heavy atom. The smallest absolute Gasteiger partial charge is 0.336 e. The molecule has 2 rings (SSSR count). The van der Waals surface area contributed by atoms with E-state index in [0.717, 1.165) is 10.9 Å². The summed E-state index contributed by atoms with van der Waals surface area (Å²) >= 11 is 0. The third-order valence-corrected chi connectivity index (χ3v) is 3.76. The van der Waals surface area contributed by atoms with E-state index in [0.29, 0.717) is 24.4 Å². The molecule has 0 fully saturated rings. The van der Waals surface area contributed by atoms with E-state index in [1.807, 2.05) is 44.7 Å². The monoisotopic (exact) mass is 346 g/mol. The number of likely N-dealkylation sites (N-methyl/N-ethyl adjacent to an activating group) is 1. The van der Waals surface area contributed by atoms with Gasteiger partial charge in [0.05, 0.1) is 13.7 Å². The Labute approximate surface area is 147 Å². The average Bonchev–Trinajstić information content (AvgIpc) is 2.51. The highest BCUT2D eigenvalue weighted by Crippen LogP contribution is 2.23. The minimum Gasteiger partial charge on any atom is -0.497 e. The van der Waals surface area contributed by atoms with Crippen LogP contribution in [0.2, 0.25) is 0 Å². The van der Waals surface area contributed by atoms with Crippen LogP contribution in [0.5, 0.6) is 5.75 Å². The van der Waals surface area contributed by atoms with Gasteiger partial charge >= 0.3 is 5.63 Å². The molecule has 0 saturated carbocycles. The van der Waals surface area contributed by atoms with Crippen LogP contribution in [0.25, 0.3) is 11.0 Å². The van der Waals surface area contributed by atoms with Gasteiger partial charge in [-0.15, -0.1) is 0 Å². The van der Waals surface area contributed by atoms with Crippen molar-refractivity contribution in [3.8, 4) is 5.75 Å². The molecule has 0 saturated heterocycles.